The Morgan fingerprint density at radius 2 is 1.00 bits per heavy atom. The smallest absolute Gasteiger partial charge is 0.759 e. The Bertz CT molecular complexity index is 301. The van der Waals surface area contributed by atoms with Crippen molar-refractivity contribution in [1.82, 2.24) is 6.15 Å². The van der Waals surface area contributed by atoms with Crippen LogP contribution in [0.25, 0.3) is 0 Å². The largest absolute Gasteiger partial charge is 2.00 e. The summed E-state index contributed by atoms with van der Waals surface area (Å²) in [7, 11) is -10.1. The van der Waals surface area contributed by atoms with Gasteiger partial charge in [-0.3, -0.25) is 13.0 Å². The van der Waals surface area contributed by atoms with Gasteiger partial charge >= 0.3 is 104 Å². The van der Waals surface area contributed by atoms with E-state index in [0.29, 0.717) is 0 Å². The SMILES string of the molecule is N.O=C([O-])O.O=S(=O)([O-])O.O=S(=O)([O-])[O-].[K+].[Mg+2].[Na+]. The molecular weight excluding hydrogens is 353 g/mol. The van der Waals surface area contributed by atoms with E-state index >= 15 is 0 Å². The van der Waals surface area contributed by atoms with Gasteiger partial charge in [0.25, 0.3) is 0 Å². The first-order chi connectivity index (χ1) is 5.73. The van der Waals surface area contributed by atoms with Gasteiger partial charge in [-0.2, -0.15) is 0 Å². The van der Waals surface area contributed by atoms with Crippen molar-refractivity contribution in [2.24, 2.45) is 0 Å². The quantitative estimate of drug-likeness (QED) is 0.207. The summed E-state index contributed by atoms with van der Waals surface area (Å²) >= 11 is 0. The third-order valence-electron chi connectivity index (χ3n) is 0. The molecule has 0 bridgehead atoms. The fourth-order valence-electron chi connectivity index (χ4n) is 0. The summed E-state index contributed by atoms with van der Waals surface area (Å²) in [5.41, 5.74) is 0. The van der Waals surface area contributed by atoms with Gasteiger partial charge < -0.3 is 34.8 Å². The van der Waals surface area contributed by atoms with E-state index in [4.69, 9.17) is 50.1 Å². The molecule has 0 saturated carbocycles. The number of carbonyl (C=O) groups is 1. The molecule has 0 aliphatic carbocycles. The van der Waals surface area contributed by atoms with Gasteiger partial charge in [-0.25, -0.2) is 8.42 Å². The third kappa shape index (κ3) is 985. The van der Waals surface area contributed by atoms with Crippen molar-refractivity contribution in [3.05, 3.63) is 0 Å². The van der Waals surface area contributed by atoms with E-state index in [-0.39, 0.29) is 110 Å². The Balaban J connectivity index is -0.0000000183. The normalized spacial score (nSPS) is 7.78. The maximum absolute atomic E-state index is 8.63. The average Bonchev–Trinajstić information content (AvgIpc) is 1.45. The molecular formula is CH5KMgNNaO11S2. The molecule has 0 amide bonds. The summed E-state index contributed by atoms with van der Waals surface area (Å²) in [6.45, 7) is 0. The molecule has 0 aliphatic rings. The molecule has 0 unspecified atom stereocenters. The first-order valence-corrected chi connectivity index (χ1v) is 4.68. The summed E-state index contributed by atoms with van der Waals surface area (Å²) in [5.74, 6) is 0. The maximum atomic E-state index is 8.63. The van der Waals surface area contributed by atoms with Gasteiger partial charge in [0.1, 0.15) is 0 Å². The Labute approximate surface area is 184 Å². The summed E-state index contributed by atoms with van der Waals surface area (Å²) in [6.07, 6.45) is -2.08. The van der Waals surface area contributed by atoms with Crippen LogP contribution in [0.4, 0.5) is 4.79 Å². The average molecular weight is 358 g/mol. The standard InChI is InChI=1S/CH2O3.K.Mg.H3N.Na.2H2O4S/c2-1(3)4;;;;;2*1-5(2,3)4/h(H2,2,3,4);;;1H3;;2*(H2,1,2,3,4)/q;+1;+2;;+1;;/p-4. The molecule has 0 spiro atoms. The minimum atomic E-state index is -5.17. The van der Waals surface area contributed by atoms with E-state index in [1.165, 1.54) is 0 Å². The first-order valence-electron chi connectivity index (χ1n) is 1.98. The van der Waals surface area contributed by atoms with Crippen LogP contribution in [-0.2, 0) is 20.8 Å². The number of hydrogen-bond acceptors (Lipinski definition) is 10. The molecule has 0 saturated heterocycles. The van der Waals surface area contributed by atoms with Crippen molar-refractivity contribution in [2.45, 2.75) is 0 Å². The van der Waals surface area contributed by atoms with Crippen molar-refractivity contribution in [3.63, 3.8) is 0 Å². The minimum Gasteiger partial charge on any atom is -0.759 e. The molecule has 0 aliphatic heterocycles. The minimum absolute atomic E-state index is 0. The molecule has 0 heterocycles. The summed E-state index contributed by atoms with van der Waals surface area (Å²) in [6, 6.07) is 0. The van der Waals surface area contributed by atoms with Crippen LogP contribution < -0.4 is 92.2 Å². The molecule has 17 heteroatoms. The monoisotopic (exact) mass is 357 g/mol. The van der Waals surface area contributed by atoms with E-state index < -0.39 is 27.0 Å². The van der Waals surface area contributed by atoms with Crippen LogP contribution in [0.15, 0.2) is 0 Å². The van der Waals surface area contributed by atoms with Crippen LogP contribution >= 0.6 is 0 Å². The molecule has 0 aromatic carbocycles. The van der Waals surface area contributed by atoms with Gasteiger partial charge in [0.05, 0.1) is 0 Å². The van der Waals surface area contributed by atoms with Crippen molar-refractivity contribution in [1.29, 1.82) is 0 Å². The van der Waals surface area contributed by atoms with Gasteiger partial charge in [0.2, 0.25) is 16.6 Å². The van der Waals surface area contributed by atoms with E-state index in [2.05, 4.69) is 0 Å². The van der Waals surface area contributed by atoms with Gasteiger partial charge in [0.15, 0.2) is 0 Å². The van der Waals surface area contributed by atoms with Gasteiger partial charge in [-0.1, -0.05) is 0 Å². The Kier molecular flexibility index (Phi) is 51.5. The molecule has 0 fully saturated rings. The van der Waals surface area contributed by atoms with Gasteiger partial charge in [-0.05, 0) is 0 Å². The van der Waals surface area contributed by atoms with Crippen molar-refractivity contribution in [2.75, 3.05) is 0 Å². The van der Waals surface area contributed by atoms with Crippen LogP contribution in [0.3, 0.4) is 0 Å². The van der Waals surface area contributed by atoms with Crippen LogP contribution in [0.5, 0.6) is 0 Å². The van der Waals surface area contributed by atoms with Crippen molar-refractivity contribution in [3.8, 4) is 0 Å². The van der Waals surface area contributed by atoms with E-state index in [9.17, 15) is 0 Å². The molecule has 0 rings (SSSR count). The van der Waals surface area contributed by atoms with E-state index in [0.717, 1.165) is 0 Å². The van der Waals surface area contributed by atoms with Crippen LogP contribution in [0, 0.1) is 0 Å². The van der Waals surface area contributed by atoms with Crippen LogP contribution in [-0.4, -0.2) is 69.4 Å². The molecule has 0 atom stereocenters. The van der Waals surface area contributed by atoms with E-state index in [1.807, 2.05) is 0 Å². The Morgan fingerprint density at radius 1 is 1.00 bits per heavy atom. The van der Waals surface area contributed by atoms with Crippen molar-refractivity contribution < 1.29 is 131 Å². The first kappa shape index (κ1) is 42.8. The molecule has 12 nitrogen and oxygen atoms in total. The molecule has 96 valence electrons. The fourth-order valence-corrected chi connectivity index (χ4v) is 0. The predicted molar refractivity (Wildman–Crippen MR) is 41.6 cm³/mol. The fraction of sp³-hybridized carbons (Fsp3) is 0. The summed E-state index contributed by atoms with van der Waals surface area (Å²) in [4.78, 5) is 8.44. The van der Waals surface area contributed by atoms with Gasteiger partial charge in [-0.15, -0.1) is 0 Å². The van der Waals surface area contributed by atoms with Crippen LogP contribution in [0.2, 0.25) is 0 Å². The zero-order valence-electron chi connectivity index (χ0n) is 9.30. The topological polar surface area (TPSA) is 253 Å². The van der Waals surface area contributed by atoms with Crippen LogP contribution in [0.1, 0.15) is 0 Å². The Morgan fingerprint density at radius 3 is 1.00 bits per heavy atom. The second-order valence-electron chi connectivity index (χ2n) is 1.10. The molecule has 0 aromatic rings. The summed E-state index contributed by atoms with van der Waals surface area (Å²) in [5, 5.41) is 15.3. The zero-order chi connectivity index (χ0) is 12.6. The third-order valence-corrected chi connectivity index (χ3v) is 0. The number of rotatable bonds is 0. The second-order valence-corrected chi connectivity index (χ2v) is 2.77. The van der Waals surface area contributed by atoms with E-state index in [1.54, 1.807) is 0 Å². The predicted octanol–water partition coefficient (Wildman–Crippen LogP) is -9.66. The number of hydrogen-bond donors (Lipinski definition) is 3. The summed E-state index contributed by atoms with van der Waals surface area (Å²) < 4.78 is 66.9. The van der Waals surface area contributed by atoms with Crippen molar-refractivity contribution >= 4 is 50.0 Å². The number of carboxylic acid groups (broad SMARTS) is 2. The van der Waals surface area contributed by atoms with Gasteiger partial charge in [0, 0.05) is 10.4 Å². The molecule has 5 N–H and O–H groups in total. The second kappa shape index (κ2) is 21.7. The Hall–Kier alpha value is 2.37. The molecule has 18 heavy (non-hydrogen) atoms. The zero-order valence-corrected chi connectivity index (χ0v) is 17.5. The molecule has 0 radical (unpaired) electrons. The maximum Gasteiger partial charge on any atom is 2.00 e. The molecule has 0 aromatic heterocycles.